The lowest BCUT2D eigenvalue weighted by atomic mass is 10.1. The van der Waals surface area contributed by atoms with Gasteiger partial charge in [0.2, 0.25) is 0 Å². The van der Waals surface area contributed by atoms with E-state index in [1.807, 2.05) is 30.1 Å². The predicted octanol–water partition coefficient (Wildman–Crippen LogP) is 1.28. The van der Waals surface area contributed by atoms with E-state index in [4.69, 9.17) is 9.47 Å². The van der Waals surface area contributed by atoms with Gasteiger partial charge in [0.1, 0.15) is 11.5 Å². The Morgan fingerprint density at radius 1 is 1.45 bits per heavy atom. The molecule has 110 valence electrons. The molecular weight excluding hydrogens is 256 g/mol. The number of likely N-dealkylation sites (N-methyl/N-ethyl adjacent to an activating group) is 1. The highest BCUT2D eigenvalue weighted by molar-refractivity contribution is 5.78. The summed E-state index contributed by atoms with van der Waals surface area (Å²) in [5, 5.41) is 3.23. The first-order valence-electron chi connectivity index (χ1n) is 6.95. The second-order valence-electron chi connectivity index (χ2n) is 4.94. The fourth-order valence-corrected chi connectivity index (χ4v) is 2.37. The molecule has 0 aromatic heterocycles. The molecule has 1 heterocycles. The average molecular weight is 278 g/mol. The molecule has 2 rings (SSSR count). The Labute approximate surface area is 119 Å². The molecule has 0 aliphatic carbocycles. The summed E-state index contributed by atoms with van der Waals surface area (Å²) in [6, 6.07) is 7.68. The van der Waals surface area contributed by atoms with Gasteiger partial charge in [-0.15, -0.1) is 0 Å². The third kappa shape index (κ3) is 3.87. The molecule has 1 aliphatic rings. The molecule has 5 heteroatoms. The van der Waals surface area contributed by atoms with Crippen molar-refractivity contribution in [3.63, 3.8) is 0 Å². The maximum atomic E-state index is 12.1. The van der Waals surface area contributed by atoms with Crippen molar-refractivity contribution in [1.82, 2.24) is 10.2 Å². The number of carbonyl (C=O) groups is 1. The molecule has 1 N–H and O–H groups in total. The maximum absolute atomic E-state index is 12.1. The van der Waals surface area contributed by atoms with Crippen LogP contribution in [0.25, 0.3) is 0 Å². The first-order valence-corrected chi connectivity index (χ1v) is 6.95. The number of methoxy groups -OCH3 is 1. The monoisotopic (exact) mass is 278 g/mol. The summed E-state index contributed by atoms with van der Waals surface area (Å²) in [5.41, 5.74) is 0. The number of carbonyl (C=O) groups excluding carboxylic acids is 1. The molecule has 1 aromatic rings. The number of amides is 1. The quantitative estimate of drug-likeness (QED) is 0.881. The van der Waals surface area contributed by atoms with Crippen LogP contribution in [0.15, 0.2) is 24.3 Å². The van der Waals surface area contributed by atoms with E-state index in [-0.39, 0.29) is 12.5 Å². The Morgan fingerprint density at radius 3 is 3.00 bits per heavy atom. The number of piperidine rings is 1. The summed E-state index contributed by atoms with van der Waals surface area (Å²) in [6.45, 7) is 1.65. The third-order valence-electron chi connectivity index (χ3n) is 3.59. The SMILES string of the molecule is CNC1CCCN(C(=O)COc2cccc(OC)c2)C1. The molecule has 1 aromatic carbocycles. The summed E-state index contributed by atoms with van der Waals surface area (Å²) >= 11 is 0. The van der Waals surface area contributed by atoms with Crippen molar-refractivity contribution in [2.75, 3.05) is 33.9 Å². The number of rotatable bonds is 5. The lowest BCUT2D eigenvalue weighted by Gasteiger charge is -2.32. The van der Waals surface area contributed by atoms with Gasteiger partial charge in [-0.25, -0.2) is 0 Å². The lowest BCUT2D eigenvalue weighted by Crippen LogP contribution is -2.48. The average Bonchev–Trinajstić information content (AvgIpc) is 2.52. The van der Waals surface area contributed by atoms with Crippen molar-refractivity contribution >= 4 is 5.91 Å². The minimum Gasteiger partial charge on any atom is -0.497 e. The van der Waals surface area contributed by atoms with E-state index < -0.39 is 0 Å². The summed E-state index contributed by atoms with van der Waals surface area (Å²) in [4.78, 5) is 14.0. The number of benzene rings is 1. The molecular formula is C15H22N2O3. The van der Waals surface area contributed by atoms with Crippen LogP contribution in [0.4, 0.5) is 0 Å². The smallest absolute Gasteiger partial charge is 0.260 e. The van der Waals surface area contributed by atoms with E-state index >= 15 is 0 Å². The summed E-state index contributed by atoms with van der Waals surface area (Å²) in [7, 11) is 3.54. The molecule has 1 atom stereocenters. The van der Waals surface area contributed by atoms with Gasteiger partial charge in [0, 0.05) is 25.2 Å². The zero-order chi connectivity index (χ0) is 14.4. The molecule has 20 heavy (non-hydrogen) atoms. The van der Waals surface area contributed by atoms with Gasteiger partial charge >= 0.3 is 0 Å². The number of likely N-dealkylation sites (tertiary alicyclic amines) is 1. The minimum absolute atomic E-state index is 0.0350. The number of hydrogen-bond acceptors (Lipinski definition) is 4. The molecule has 1 amide bonds. The highest BCUT2D eigenvalue weighted by Crippen LogP contribution is 2.19. The Kier molecular flexibility index (Phi) is 5.24. The van der Waals surface area contributed by atoms with Gasteiger partial charge < -0.3 is 19.7 Å². The van der Waals surface area contributed by atoms with Crippen LogP contribution in [0.3, 0.4) is 0 Å². The van der Waals surface area contributed by atoms with E-state index in [0.29, 0.717) is 11.8 Å². The van der Waals surface area contributed by atoms with Crippen LogP contribution in [0.5, 0.6) is 11.5 Å². The van der Waals surface area contributed by atoms with Gasteiger partial charge in [-0.05, 0) is 32.0 Å². The van der Waals surface area contributed by atoms with Crippen LogP contribution in [0, 0.1) is 0 Å². The van der Waals surface area contributed by atoms with E-state index in [9.17, 15) is 4.79 Å². The Bertz CT molecular complexity index is 450. The van der Waals surface area contributed by atoms with Crippen molar-refractivity contribution in [2.24, 2.45) is 0 Å². The van der Waals surface area contributed by atoms with Gasteiger partial charge in [0.05, 0.1) is 7.11 Å². The van der Waals surface area contributed by atoms with Gasteiger partial charge in [-0.1, -0.05) is 6.07 Å². The molecule has 1 aliphatic heterocycles. The molecule has 1 unspecified atom stereocenters. The van der Waals surface area contributed by atoms with E-state index in [1.165, 1.54) is 0 Å². The fourth-order valence-electron chi connectivity index (χ4n) is 2.37. The molecule has 0 spiro atoms. The van der Waals surface area contributed by atoms with Gasteiger partial charge in [0.25, 0.3) is 5.91 Å². The largest absolute Gasteiger partial charge is 0.497 e. The molecule has 0 saturated carbocycles. The molecule has 5 nitrogen and oxygen atoms in total. The van der Waals surface area contributed by atoms with Gasteiger partial charge in [-0.2, -0.15) is 0 Å². The number of nitrogens with zero attached hydrogens (tertiary/aromatic N) is 1. The van der Waals surface area contributed by atoms with E-state index in [0.717, 1.165) is 31.7 Å². The zero-order valence-corrected chi connectivity index (χ0v) is 12.1. The van der Waals surface area contributed by atoms with Gasteiger partial charge in [0.15, 0.2) is 6.61 Å². The topological polar surface area (TPSA) is 50.8 Å². The number of nitrogens with one attached hydrogen (secondary N) is 1. The highest BCUT2D eigenvalue weighted by Gasteiger charge is 2.22. The van der Waals surface area contributed by atoms with Crippen LogP contribution >= 0.6 is 0 Å². The van der Waals surface area contributed by atoms with Crippen molar-refractivity contribution in [3.8, 4) is 11.5 Å². The zero-order valence-electron chi connectivity index (χ0n) is 12.1. The second-order valence-corrected chi connectivity index (χ2v) is 4.94. The summed E-state index contributed by atoms with van der Waals surface area (Å²) in [5.74, 6) is 1.41. The molecule has 1 saturated heterocycles. The van der Waals surface area contributed by atoms with Crippen molar-refractivity contribution < 1.29 is 14.3 Å². The minimum atomic E-state index is 0.0350. The Hall–Kier alpha value is -1.75. The number of hydrogen-bond donors (Lipinski definition) is 1. The van der Waals surface area contributed by atoms with Crippen molar-refractivity contribution in [3.05, 3.63) is 24.3 Å². The fraction of sp³-hybridized carbons (Fsp3) is 0.533. The highest BCUT2D eigenvalue weighted by atomic mass is 16.5. The Morgan fingerprint density at radius 2 is 2.25 bits per heavy atom. The predicted molar refractivity (Wildman–Crippen MR) is 77.2 cm³/mol. The van der Waals surface area contributed by atoms with Crippen molar-refractivity contribution in [1.29, 1.82) is 0 Å². The second kappa shape index (κ2) is 7.14. The van der Waals surface area contributed by atoms with Gasteiger partial charge in [-0.3, -0.25) is 4.79 Å². The van der Waals surface area contributed by atoms with Crippen LogP contribution in [-0.2, 0) is 4.79 Å². The van der Waals surface area contributed by atoms with Crippen LogP contribution in [-0.4, -0.2) is 50.7 Å². The van der Waals surface area contributed by atoms with Crippen LogP contribution in [0.1, 0.15) is 12.8 Å². The first-order chi connectivity index (χ1) is 9.72. The van der Waals surface area contributed by atoms with E-state index in [2.05, 4.69) is 5.32 Å². The molecule has 0 bridgehead atoms. The van der Waals surface area contributed by atoms with E-state index in [1.54, 1.807) is 13.2 Å². The van der Waals surface area contributed by atoms with Crippen LogP contribution < -0.4 is 14.8 Å². The maximum Gasteiger partial charge on any atom is 0.260 e. The normalized spacial score (nSPS) is 18.7. The van der Waals surface area contributed by atoms with Crippen LogP contribution in [0.2, 0.25) is 0 Å². The third-order valence-corrected chi connectivity index (χ3v) is 3.59. The first kappa shape index (κ1) is 14.7. The van der Waals surface area contributed by atoms with Crippen molar-refractivity contribution in [2.45, 2.75) is 18.9 Å². The Balaban J connectivity index is 1.85. The standard InChI is InChI=1S/C15H22N2O3/c1-16-12-5-4-8-17(10-12)15(18)11-20-14-7-3-6-13(9-14)19-2/h3,6-7,9,12,16H,4-5,8,10-11H2,1-2H3. The summed E-state index contributed by atoms with van der Waals surface area (Å²) in [6.07, 6.45) is 2.16. The lowest BCUT2D eigenvalue weighted by molar-refractivity contribution is -0.134. The summed E-state index contributed by atoms with van der Waals surface area (Å²) < 4.78 is 10.7. The number of ether oxygens (including phenoxy) is 2. The molecule has 0 radical (unpaired) electrons. The molecule has 1 fully saturated rings.